The number of benzene rings is 3. The van der Waals surface area contributed by atoms with E-state index in [1.165, 1.54) is 0 Å². The van der Waals surface area contributed by atoms with E-state index in [2.05, 4.69) is 29.2 Å². The molecule has 0 fully saturated rings. The Morgan fingerprint density at radius 3 is 1.59 bits per heavy atom. The summed E-state index contributed by atoms with van der Waals surface area (Å²) in [6.45, 7) is 0. The molecule has 27 heavy (non-hydrogen) atoms. The zero-order chi connectivity index (χ0) is 18.5. The molecule has 0 spiro atoms. The van der Waals surface area contributed by atoms with E-state index in [4.69, 9.17) is 0 Å². The second-order valence-electron chi connectivity index (χ2n) is 6.66. The van der Waals surface area contributed by atoms with Crippen molar-refractivity contribution in [1.29, 1.82) is 0 Å². The number of imidazole rings is 1. The third kappa shape index (κ3) is 3.69. The van der Waals surface area contributed by atoms with Crippen LogP contribution in [-0.4, -0.2) is 14.7 Å². The maximum absolute atomic E-state index is 11.4. The lowest BCUT2D eigenvalue weighted by Gasteiger charge is -2.33. The van der Waals surface area contributed by atoms with E-state index in [1.54, 1.807) is 12.5 Å². The van der Waals surface area contributed by atoms with Gasteiger partial charge in [0.25, 0.3) is 0 Å². The van der Waals surface area contributed by atoms with E-state index in [-0.39, 0.29) is 12.0 Å². The molecule has 1 aromatic heterocycles. The molecule has 0 radical (unpaired) electrons. The van der Waals surface area contributed by atoms with Crippen LogP contribution in [0.1, 0.15) is 34.8 Å². The van der Waals surface area contributed by atoms with Gasteiger partial charge in [0.05, 0.1) is 12.4 Å². The number of aliphatic hydroxyl groups is 1. The first-order valence-electron chi connectivity index (χ1n) is 9.15. The first-order chi connectivity index (χ1) is 13.3. The summed E-state index contributed by atoms with van der Waals surface area (Å²) in [6.07, 6.45) is 4.80. The monoisotopic (exact) mass is 354 g/mol. The van der Waals surface area contributed by atoms with Gasteiger partial charge >= 0.3 is 0 Å². The maximum Gasteiger partial charge on any atom is 0.101 e. The average molecular weight is 354 g/mol. The van der Waals surface area contributed by atoms with E-state index in [1.807, 2.05) is 77.5 Å². The van der Waals surface area contributed by atoms with Gasteiger partial charge in [-0.1, -0.05) is 91.0 Å². The second kappa shape index (κ2) is 8.02. The topological polar surface area (TPSA) is 38.0 Å². The fraction of sp³-hybridized carbons (Fsp3) is 0.125. The highest BCUT2D eigenvalue weighted by Gasteiger charge is 2.33. The van der Waals surface area contributed by atoms with Gasteiger partial charge in [-0.2, -0.15) is 0 Å². The summed E-state index contributed by atoms with van der Waals surface area (Å²) in [7, 11) is 0. The van der Waals surface area contributed by atoms with Crippen LogP contribution in [0, 0.1) is 0 Å². The van der Waals surface area contributed by atoms with Crippen molar-refractivity contribution in [2.75, 3.05) is 0 Å². The smallest absolute Gasteiger partial charge is 0.101 e. The second-order valence-corrected chi connectivity index (χ2v) is 6.66. The predicted octanol–water partition coefficient (Wildman–Crippen LogP) is 4.99. The summed E-state index contributed by atoms with van der Waals surface area (Å²) in [4.78, 5) is 4.24. The van der Waals surface area contributed by atoms with Crippen molar-refractivity contribution in [2.24, 2.45) is 0 Å². The summed E-state index contributed by atoms with van der Waals surface area (Å²) >= 11 is 0. The Hall–Kier alpha value is -3.17. The highest BCUT2D eigenvalue weighted by Crippen LogP contribution is 2.42. The highest BCUT2D eigenvalue weighted by atomic mass is 16.3. The fourth-order valence-electron chi connectivity index (χ4n) is 3.72. The van der Waals surface area contributed by atoms with Gasteiger partial charge in [0.15, 0.2) is 0 Å². The first-order valence-corrected chi connectivity index (χ1v) is 9.15. The summed E-state index contributed by atoms with van der Waals surface area (Å²) in [5, 5.41) is 11.4. The molecular weight excluding hydrogens is 332 g/mol. The summed E-state index contributed by atoms with van der Waals surface area (Å²) in [6, 6.07) is 30.3. The standard InChI is InChI=1S/C24H22N2O/c27-24(21-14-8-3-9-15-21)23(26-17-16-25-18-26)22(19-10-4-1-5-11-19)20-12-6-2-7-13-20/h1-18,22-24,27H. The van der Waals surface area contributed by atoms with Crippen molar-refractivity contribution >= 4 is 0 Å². The number of hydrogen-bond donors (Lipinski definition) is 1. The molecule has 2 unspecified atom stereocenters. The van der Waals surface area contributed by atoms with Crippen molar-refractivity contribution in [3.8, 4) is 0 Å². The Bertz CT molecular complexity index is 898. The summed E-state index contributed by atoms with van der Waals surface area (Å²) in [5.74, 6) is -0.0168. The Morgan fingerprint density at radius 1 is 0.667 bits per heavy atom. The number of nitrogens with zero attached hydrogens (tertiary/aromatic N) is 2. The Morgan fingerprint density at radius 2 is 1.15 bits per heavy atom. The quantitative estimate of drug-likeness (QED) is 0.530. The van der Waals surface area contributed by atoms with Crippen molar-refractivity contribution in [3.05, 3.63) is 126 Å². The van der Waals surface area contributed by atoms with Crippen LogP contribution in [0.5, 0.6) is 0 Å². The fourth-order valence-corrected chi connectivity index (χ4v) is 3.72. The normalized spacial score (nSPS) is 13.4. The maximum atomic E-state index is 11.4. The Balaban J connectivity index is 1.87. The van der Waals surface area contributed by atoms with Gasteiger partial charge in [0.2, 0.25) is 0 Å². The van der Waals surface area contributed by atoms with Crippen LogP contribution >= 0.6 is 0 Å². The minimum atomic E-state index is -0.675. The van der Waals surface area contributed by atoms with Gasteiger partial charge in [0, 0.05) is 18.3 Å². The van der Waals surface area contributed by atoms with Crippen molar-refractivity contribution in [1.82, 2.24) is 9.55 Å². The zero-order valence-corrected chi connectivity index (χ0v) is 15.0. The zero-order valence-electron chi connectivity index (χ0n) is 15.0. The highest BCUT2D eigenvalue weighted by molar-refractivity contribution is 5.35. The van der Waals surface area contributed by atoms with Crippen LogP contribution in [0.4, 0.5) is 0 Å². The van der Waals surface area contributed by atoms with Crippen molar-refractivity contribution < 1.29 is 5.11 Å². The molecule has 0 aliphatic heterocycles. The summed E-state index contributed by atoms with van der Waals surface area (Å²) in [5.41, 5.74) is 3.22. The molecule has 134 valence electrons. The molecule has 3 nitrogen and oxygen atoms in total. The van der Waals surface area contributed by atoms with Crippen molar-refractivity contribution in [2.45, 2.75) is 18.1 Å². The average Bonchev–Trinajstić information content (AvgIpc) is 3.28. The lowest BCUT2D eigenvalue weighted by molar-refractivity contribution is 0.103. The van der Waals surface area contributed by atoms with Crippen LogP contribution in [0.15, 0.2) is 110 Å². The molecule has 0 saturated heterocycles. The predicted molar refractivity (Wildman–Crippen MR) is 107 cm³/mol. The molecule has 4 rings (SSSR count). The largest absolute Gasteiger partial charge is 0.386 e. The molecule has 1 N–H and O–H groups in total. The molecular formula is C24H22N2O. The lowest BCUT2D eigenvalue weighted by atomic mass is 9.81. The molecule has 0 saturated carbocycles. The third-order valence-corrected chi connectivity index (χ3v) is 4.99. The minimum absolute atomic E-state index is 0.0168. The van der Waals surface area contributed by atoms with Gasteiger partial charge < -0.3 is 9.67 Å². The minimum Gasteiger partial charge on any atom is -0.386 e. The molecule has 0 aliphatic carbocycles. The molecule has 1 heterocycles. The van der Waals surface area contributed by atoms with E-state index in [0.29, 0.717) is 0 Å². The number of aliphatic hydroxyl groups excluding tert-OH is 1. The van der Waals surface area contributed by atoms with Gasteiger partial charge in [-0.25, -0.2) is 4.98 Å². The number of rotatable bonds is 6. The molecule has 3 aromatic carbocycles. The Kier molecular flexibility index (Phi) is 5.13. The molecule has 0 amide bonds. The lowest BCUT2D eigenvalue weighted by Crippen LogP contribution is -2.25. The summed E-state index contributed by atoms with van der Waals surface area (Å²) < 4.78 is 2.02. The van der Waals surface area contributed by atoms with E-state index < -0.39 is 6.10 Å². The van der Waals surface area contributed by atoms with Crippen molar-refractivity contribution in [3.63, 3.8) is 0 Å². The van der Waals surface area contributed by atoms with Crippen LogP contribution < -0.4 is 0 Å². The third-order valence-electron chi connectivity index (χ3n) is 4.99. The molecule has 3 heteroatoms. The van der Waals surface area contributed by atoms with Gasteiger partial charge in [-0.05, 0) is 16.7 Å². The SMILES string of the molecule is OC(c1ccccc1)C(C(c1ccccc1)c1ccccc1)n1ccnc1. The molecule has 4 aromatic rings. The van der Waals surface area contributed by atoms with Crippen LogP contribution in [0.2, 0.25) is 0 Å². The first kappa shape index (κ1) is 17.3. The molecule has 0 bridgehead atoms. The van der Waals surface area contributed by atoms with E-state index in [0.717, 1.165) is 16.7 Å². The number of hydrogen-bond acceptors (Lipinski definition) is 2. The van der Waals surface area contributed by atoms with E-state index in [9.17, 15) is 5.11 Å². The van der Waals surface area contributed by atoms with Crippen LogP contribution in [0.3, 0.4) is 0 Å². The van der Waals surface area contributed by atoms with Gasteiger partial charge in [-0.3, -0.25) is 0 Å². The van der Waals surface area contributed by atoms with Gasteiger partial charge in [0.1, 0.15) is 6.10 Å². The van der Waals surface area contributed by atoms with Crippen LogP contribution in [0.25, 0.3) is 0 Å². The number of aromatic nitrogens is 2. The molecule has 0 aliphatic rings. The van der Waals surface area contributed by atoms with E-state index >= 15 is 0 Å². The van der Waals surface area contributed by atoms with Crippen LogP contribution in [-0.2, 0) is 0 Å². The Labute approximate surface area is 159 Å². The van der Waals surface area contributed by atoms with Gasteiger partial charge in [-0.15, -0.1) is 0 Å². The molecule has 2 atom stereocenters.